The Labute approximate surface area is 110 Å². The fourth-order valence-corrected chi connectivity index (χ4v) is 2.03. The molecular weight excluding hydrogens is 224 g/mol. The Hall–Kier alpha value is -1.38. The summed E-state index contributed by atoms with van der Waals surface area (Å²) in [6.07, 6.45) is 5.19. The average Bonchev–Trinajstić information content (AvgIpc) is 2.32. The lowest BCUT2D eigenvalue weighted by Crippen LogP contribution is -2.47. The molecular formula is C15H25N2O+. The van der Waals surface area contributed by atoms with E-state index in [4.69, 9.17) is 0 Å². The van der Waals surface area contributed by atoms with Crippen LogP contribution >= 0.6 is 0 Å². The number of amides is 1. The molecule has 18 heavy (non-hydrogen) atoms. The highest BCUT2D eigenvalue weighted by molar-refractivity contribution is 5.74. The van der Waals surface area contributed by atoms with Crippen LogP contribution in [0.15, 0.2) is 18.3 Å². The van der Waals surface area contributed by atoms with Crippen molar-refractivity contribution in [3.8, 4) is 0 Å². The maximum Gasteiger partial charge on any atom is 0.286 e. The molecule has 0 aliphatic carbocycles. The maximum atomic E-state index is 11.9. The zero-order chi connectivity index (χ0) is 13.5. The molecule has 0 saturated carbocycles. The lowest BCUT2D eigenvalue weighted by atomic mass is 10.2. The summed E-state index contributed by atoms with van der Waals surface area (Å²) in [7, 11) is 0. The maximum absolute atomic E-state index is 11.9. The third-order valence-electron chi connectivity index (χ3n) is 3.16. The molecule has 100 valence electrons. The monoisotopic (exact) mass is 249 g/mol. The number of aryl methyl sites for hydroxylation is 2. The van der Waals surface area contributed by atoms with Gasteiger partial charge in [0, 0.05) is 24.6 Å². The lowest BCUT2D eigenvalue weighted by molar-refractivity contribution is -0.690. The van der Waals surface area contributed by atoms with Crippen LogP contribution in [-0.2, 0) is 17.8 Å². The zero-order valence-electron chi connectivity index (χ0n) is 12.0. The smallest absolute Gasteiger partial charge is 0.286 e. The Morgan fingerprint density at radius 1 is 1.39 bits per heavy atom. The second kappa shape index (κ2) is 7.14. The van der Waals surface area contributed by atoms with Crippen LogP contribution in [0.5, 0.6) is 0 Å². The van der Waals surface area contributed by atoms with Gasteiger partial charge in [0.25, 0.3) is 5.91 Å². The van der Waals surface area contributed by atoms with Crippen LogP contribution in [0.4, 0.5) is 0 Å². The predicted molar refractivity (Wildman–Crippen MR) is 73.3 cm³/mol. The lowest BCUT2D eigenvalue weighted by Gasteiger charge is -2.11. The fourth-order valence-electron chi connectivity index (χ4n) is 2.03. The highest BCUT2D eigenvalue weighted by Gasteiger charge is 2.14. The van der Waals surface area contributed by atoms with Crippen LogP contribution in [-0.4, -0.2) is 11.9 Å². The molecule has 1 amide bonds. The van der Waals surface area contributed by atoms with Gasteiger partial charge in [-0.25, -0.2) is 0 Å². The molecule has 0 saturated heterocycles. The Bertz CT molecular complexity index is 401. The minimum atomic E-state index is 0.0947. The summed E-state index contributed by atoms with van der Waals surface area (Å²) in [5.41, 5.74) is 2.38. The first-order chi connectivity index (χ1) is 8.56. The summed E-state index contributed by atoms with van der Waals surface area (Å²) in [6, 6.07) is 4.45. The van der Waals surface area contributed by atoms with Gasteiger partial charge in [0.1, 0.15) is 0 Å². The molecule has 0 spiro atoms. The van der Waals surface area contributed by atoms with Gasteiger partial charge in [-0.15, -0.1) is 0 Å². The fraction of sp³-hybridized carbons (Fsp3) is 0.600. The first-order valence-corrected chi connectivity index (χ1v) is 6.85. The van der Waals surface area contributed by atoms with Crippen molar-refractivity contribution in [3.63, 3.8) is 0 Å². The number of aromatic nitrogens is 1. The minimum Gasteiger partial charge on any atom is -0.348 e. The highest BCUT2D eigenvalue weighted by atomic mass is 16.2. The van der Waals surface area contributed by atoms with Gasteiger partial charge in [0.05, 0.1) is 0 Å². The number of hydrogen-bond donors (Lipinski definition) is 1. The summed E-state index contributed by atoms with van der Waals surface area (Å²) in [5.74, 6) is 0.0947. The third-order valence-corrected chi connectivity index (χ3v) is 3.16. The second-order valence-corrected chi connectivity index (χ2v) is 4.92. The number of rotatable bonds is 6. The van der Waals surface area contributed by atoms with Crippen LogP contribution in [0.1, 0.15) is 44.9 Å². The molecule has 0 bridgehead atoms. The van der Waals surface area contributed by atoms with E-state index in [0.717, 1.165) is 25.0 Å². The Morgan fingerprint density at radius 2 is 2.11 bits per heavy atom. The van der Waals surface area contributed by atoms with Crippen molar-refractivity contribution in [1.29, 1.82) is 0 Å². The van der Waals surface area contributed by atoms with Gasteiger partial charge in [-0.1, -0.05) is 20.3 Å². The molecule has 1 atom stereocenters. The summed E-state index contributed by atoms with van der Waals surface area (Å²) >= 11 is 0. The van der Waals surface area contributed by atoms with E-state index in [1.54, 1.807) is 0 Å². The van der Waals surface area contributed by atoms with Crippen LogP contribution in [0, 0.1) is 6.92 Å². The van der Waals surface area contributed by atoms with E-state index in [-0.39, 0.29) is 11.9 Å². The van der Waals surface area contributed by atoms with Gasteiger partial charge < -0.3 is 5.32 Å². The van der Waals surface area contributed by atoms with E-state index in [2.05, 4.69) is 44.4 Å². The topological polar surface area (TPSA) is 33.0 Å². The molecule has 1 rings (SSSR count). The van der Waals surface area contributed by atoms with E-state index < -0.39 is 0 Å². The normalized spacial score (nSPS) is 12.2. The second-order valence-electron chi connectivity index (χ2n) is 4.92. The zero-order valence-corrected chi connectivity index (χ0v) is 12.0. The number of hydrogen-bond acceptors (Lipinski definition) is 1. The molecule has 1 N–H and O–H groups in total. The first-order valence-electron chi connectivity index (χ1n) is 6.85. The van der Waals surface area contributed by atoms with Crippen molar-refractivity contribution in [2.24, 2.45) is 0 Å². The standard InChI is InChI=1S/C15H24N2O/c1-5-7-12(3)16-15(18)11-17-10-14(6-2)9-8-13(17)4/h8-10,12H,5-7,11H2,1-4H3/p+1/t12-/m0/s1. The molecule has 0 aliphatic rings. The number of carbonyl (C=O) groups excluding carboxylic acids is 1. The van der Waals surface area contributed by atoms with Crippen molar-refractivity contribution < 1.29 is 9.36 Å². The van der Waals surface area contributed by atoms with Crippen LogP contribution < -0.4 is 9.88 Å². The summed E-state index contributed by atoms with van der Waals surface area (Å²) < 4.78 is 2.02. The van der Waals surface area contributed by atoms with Crippen molar-refractivity contribution in [1.82, 2.24) is 5.32 Å². The van der Waals surface area contributed by atoms with Gasteiger partial charge in [-0.2, -0.15) is 4.57 Å². The summed E-state index contributed by atoms with van der Waals surface area (Å²) in [6.45, 7) is 8.75. The summed E-state index contributed by atoms with van der Waals surface area (Å²) in [5, 5.41) is 3.03. The molecule has 1 aromatic heterocycles. The van der Waals surface area contributed by atoms with Crippen molar-refractivity contribution in [2.75, 3.05) is 0 Å². The molecule has 1 aromatic rings. The number of nitrogens with one attached hydrogen (secondary N) is 1. The highest BCUT2D eigenvalue weighted by Crippen LogP contribution is 1.99. The van der Waals surface area contributed by atoms with Crippen LogP contribution in [0.25, 0.3) is 0 Å². The quantitative estimate of drug-likeness (QED) is 0.770. The molecule has 0 aliphatic heterocycles. The molecule has 3 heteroatoms. The van der Waals surface area contributed by atoms with E-state index in [0.29, 0.717) is 6.54 Å². The molecule has 0 aromatic carbocycles. The van der Waals surface area contributed by atoms with Crippen molar-refractivity contribution in [2.45, 2.75) is 59.5 Å². The third kappa shape index (κ3) is 4.47. The molecule has 0 unspecified atom stereocenters. The van der Waals surface area contributed by atoms with Crippen molar-refractivity contribution >= 4 is 5.91 Å². The van der Waals surface area contributed by atoms with E-state index >= 15 is 0 Å². The molecule has 0 fully saturated rings. The first kappa shape index (κ1) is 14.7. The van der Waals surface area contributed by atoms with Crippen molar-refractivity contribution in [3.05, 3.63) is 29.6 Å². The number of carbonyl (C=O) groups is 1. The van der Waals surface area contributed by atoms with Gasteiger partial charge in [0.15, 0.2) is 11.9 Å². The van der Waals surface area contributed by atoms with Gasteiger partial charge in [-0.05, 0) is 25.8 Å². The predicted octanol–water partition coefficient (Wildman–Crippen LogP) is 2.15. The molecule has 1 heterocycles. The summed E-state index contributed by atoms with van der Waals surface area (Å²) in [4.78, 5) is 11.9. The average molecular weight is 249 g/mol. The van der Waals surface area contributed by atoms with Gasteiger partial charge >= 0.3 is 0 Å². The Balaban J connectivity index is 2.63. The van der Waals surface area contributed by atoms with Gasteiger partial charge in [-0.3, -0.25) is 4.79 Å². The number of pyridine rings is 1. The van der Waals surface area contributed by atoms with Crippen LogP contribution in [0.2, 0.25) is 0 Å². The largest absolute Gasteiger partial charge is 0.348 e. The molecule has 0 radical (unpaired) electrons. The minimum absolute atomic E-state index is 0.0947. The SMILES string of the molecule is CCC[C@H](C)NC(=O)C[n+]1cc(CC)ccc1C. The molecule has 3 nitrogen and oxygen atoms in total. The van der Waals surface area contributed by atoms with Crippen LogP contribution in [0.3, 0.4) is 0 Å². The Morgan fingerprint density at radius 3 is 2.72 bits per heavy atom. The van der Waals surface area contributed by atoms with E-state index in [9.17, 15) is 4.79 Å². The van der Waals surface area contributed by atoms with Gasteiger partial charge in [0.2, 0.25) is 6.54 Å². The van der Waals surface area contributed by atoms with E-state index in [1.807, 2.05) is 11.5 Å². The van der Waals surface area contributed by atoms with E-state index in [1.165, 1.54) is 5.56 Å². The Kier molecular flexibility index (Phi) is 5.83. The number of nitrogens with zero attached hydrogens (tertiary/aromatic N) is 1.